The highest BCUT2D eigenvalue weighted by molar-refractivity contribution is 7.09. The third kappa shape index (κ3) is 2.54. The molecule has 0 fully saturated rings. The third-order valence-corrected chi connectivity index (χ3v) is 2.78. The topological polar surface area (TPSA) is 74.8 Å². The Hall–Kier alpha value is -1.95. The minimum Gasteiger partial charge on any atom is -0.346 e. The van der Waals surface area contributed by atoms with Gasteiger partial charge in [0.05, 0.1) is 12.7 Å². The number of aromatic nitrogens is 2. The quantitative estimate of drug-likeness (QED) is 0.824. The fourth-order valence-electron chi connectivity index (χ4n) is 1.14. The molecular formula is C10H9N3O2S. The summed E-state index contributed by atoms with van der Waals surface area (Å²) >= 11 is 1.57. The maximum Gasteiger partial charge on any atom is 0.271 e. The number of amides is 1. The Kier molecular flexibility index (Phi) is 3.11. The van der Waals surface area contributed by atoms with E-state index in [1.807, 2.05) is 17.5 Å². The van der Waals surface area contributed by atoms with Gasteiger partial charge >= 0.3 is 0 Å². The zero-order valence-electron chi connectivity index (χ0n) is 8.27. The number of hydrogen-bond acceptors (Lipinski definition) is 4. The van der Waals surface area contributed by atoms with Gasteiger partial charge in [0.2, 0.25) is 0 Å². The lowest BCUT2D eigenvalue weighted by Crippen LogP contribution is -2.24. The molecule has 0 aliphatic heterocycles. The Morgan fingerprint density at radius 1 is 1.56 bits per heavy atom. The van der Waals surface area contributed by atoms with Crippen molar-refractivity contribution in [3.8, 4) is 0 Å². The fourth-order valence-corrected chi connectivity index (χ4v) is 1.78. The highest BCUT2D eigenvalue weighted by Gasteiger charge is 2.06. The molecule has 5 nitrogen and oxygen atoms in total. The van der Waals surface area contributed by atoms with Crippen LogP contribution in [0.1, 0.15) is 15.4 Å². The Balaban J connectivity index is 1.98. The first-order valence-corrected chi connectivity index (χ1v) is 5.49. The third-order valence-electron chi connectivity index (χ3n) is 1.91. The van der Waals surface area contributed by atoms with E-state index in [0.717, 1.165) is 11.1 Å². The van der Waals surface area contributed by atoms with Crippen LogP contribution in [0.2, 0.25) is 0 Å². The number of carbonyl (C=O) groups is 1. The summed E-state index contributed by atoms with van der Waals surface area (Å²) in [5, 5.41) is 4.65. The van der Waals surface area contributed by atoms with Crippen LogP contribution in [0.4, 0.5) is 0 Å². The summed E-state index contributed by atoms with van der Waals surface area (Å²) in [6, 6.07) is 3.86. The molecular weight excluding hydrogens is 226 g/mol. The van der Waals surface area contributed by atoms with Crippen LogP contribution in [0.5, 0.6) is 0 Å². The second-order valence-corrected chi connectivity index (χ2v) is 4.09. The molecule has 2 aromatic heterocycles. The van der Waals surface area contributed by atoms with Crippen molar-refractivity contribution >= 4 is 17.2 Å². The van der Waals surface area contributed by atoms with Gasteiger partial charge in [0.1, 0.15) is 5.69 Å². The highest BCUT2D eigenvalue weighted by atomic mass is 32.1. The number of nitrogens with zero attached hydrogens (tertiary/aromatic N) is 1. The first-order valence-electron chi connectivity index (χ1n) is 4.61. The van der Waals surface area contributed by atoms with Gasteiger partial charge < -0.3 is 10.3 Å². The molecule has 82 valence electrons. The Labute approximate surface area is 95.2 Å². The number of nitrogens with one attached hydrogen (secondary N) is 2. The lowest BCUT2D eigenvalue weighted by atomic mass is 10.4. The van der Waals surface area contributed by atoms with E-state index in [1.165, 1.54) is 6.20 Å². The summed E-state index contributed by atoms with van der Waals surface area (Å²) in [5.74, 6) is -0.301. The van der Waals surface area contributed by atoms with Gasteiger partial charge in [-0.3, -0.25) is 9.59 Å². The van der Waals surface area contributed by atoms with Crippen molar-refractivity contribution in [1.82, 2.24) is 15.3 Å². The number of hydrogen-bond donors (Lipinski definition) is 2. The molecule has 2 N–H and O–H groups in total. The van der Waals surface area contributed by atoms with Gasteiger partial charge in [-0.1, -0.05) is 6.07 Å². The van der Waals surface area contributed by atoms with E-state index >= 15 is 0 Å². The fraction of sp³-hybridized carbons (Fsp3) is 0.100. The lowest BCUT2D eigenvalue weighted by molar-refractivity contribution is 0.0946. The Morgan fingerprint density at radius 2 is 2.44 bits per heavy atom. The number of aromatic amines is 1. The first kappa shape index (κ1) is 10.6. The van der Waals surface area contributed by atoms with E-state index < -0.39 is 0 Å². The highest BCUT2D eigenvalue weighted by Crippen LogP contribution is 2.07. The van der Waals surface area contributed by atoms with Gasteiger partial charge in [-0.05, 0) is 11.4 Å². The monoisotopic (exact) mass is 235 g/mol. The Morgan fingerprint density at radius 3 is 3.06 bits per heavy atom. The summed E-state index contributed by atoms with van der Waals surface area (Å²) in [7, 11) is 0. The van der Waals surface area contributed by atoms with E-state index in [1.54, 1.807) is 11.3 Å². The van der Waals surface area contributed by atoms with Crippen LogP contribution < -0.4 is 10.9 Å². The van der Waals surface area contributed by atoms with Crippen LogP contribution >= 0.6 is 11.3 Å². The second-order valence-electron chi connectivity index (χ2n) is 3.06. The molecule has 2 heterocycles. The van der Waals surface area contributed by atoms with Crippen molar-refractivity contribution in [1.29, 1.82) is 0 Å². The van der Waals surface area contributed by atoms with Crippen LogP contribution in [0.3, 0.4) is 0 Å². The molecule has 0 aliphatic rings. The van der Waals surface area contributed by atoms with E-state index in [4.69, 9.17) is 0 Å². The smallest absolute Gasteiger partial charge is 0.271 e. The molecule has 0 aliphatic carbocycles. The summed E-state index contributed by atoms with van der Waals surface area (Å²) in [4.78, 5) is 29.5. The predicted octanol–water partition coefficient (Wildman–Crippen LogP) is 0.761. The molecule has 0 unspecified atom stereocenters. The average molecular weight is 235 g/mol. The van der Waals surface area contributed by atoms with Crippen LogP contribution in [-0.4, -0.2) is 15.9 Å². The molecule has 6 heteroatoms. The molecule has 16 heavy (non-hydrogen) atoms. The molecule has 0 atom stereocenters. The molecule has 0 aromatic carbocycles. The molecule has 0 spiro atoms. The summed E-state index contributed by atoms with van der Waals surface area (Å²) in [6.45, 7) is 0.470. The van der Waals surface area contributed by atoms with Crippen molar-refractivity contribution in [2.45, 2.75) is 6.54 Å². The van der Waals surface area contributed by atoms with Gasteiger partial charge in [0.15, 0.2) is 0 Å². The van der Waals surface area contributed by atoms with Crippen molar-refractivity contribution in [3.63, 3.8) is 0 Å². The van der Waals surface area contributed by atoms with Gasteiger partial charge in [0, 0.05) is 11.1 Å². The molecule has 2 aromatic rings. The van der Waals surface area contributed by atoms with E-state index in [-0.39, 0.29) is 17.2 Å². The van der Waals surface area contributed by atoms with E-state index in [2.05, 4.69) is 15.3 Å². The van der Waals surface area contributed by atoms with Gasteiger partial charge in [0.25, 0.3) is 11.5 Å². The second kappa shape index (κ2) is 4.71. The van der Waals surface area contributed by atoms with Crippen LogP contribution in [0, 0.1) is 0 Å². The van der Waals surface area contributed by atoms with Gasteiger partial charge in [-0.15, -0.1) is 11.3 Å². The maximum atomic E-state index is 11.6. The SMILES string of the molecule is O=C(NCc1cccs1)c1c[nH]c(=O)cn1. The molecule has 0 saturated heterocycles. The molecule has 1 amide bonds. The van der Waals surface area contributed by atoms with E-state index in [0.29, 0.717) is 6.54 Å². The Bertz CT molecular complexity index is 513. The zero-order valence-corrected chi connectivity index (χ0v) is 9.08. The average Bonchev–Trinajstić information content (AvgIpc) is 2.80. The molecule has 0 saturated carbocycles. The molecule has 0 bridgehead atoms. The zero-order chi connectivity index (χ0) is 11.4. The van der Waals surface area contributed by atoms with Crippen molar-refractivity contribution in [3.05, 3.63) is 50.8 Å². The van der Waals surface area contributed by atoms with Crippen molar-refractivity contribution in [2.24, 2.45) is 0 Å². The number of H-pyrrole nitrogens is 1. The summed E-state index contributed by atoms with van der Waals surface area (Å²) in [6.07, 6.45) is 2.38. The standard InChI is InChI=1S/C10H9N3O2S/c14-9-6-11-8(5-12-9)10(15)13-4-7-2-1-3-16-7/h1-3,5-6H,4H2,(H,12,14)(H,13,15). The lowest BCUT2D eigenvalue weighted by Gasteiger charge is -2.01. The summed E-state index contributed by atoms with van der Waals surface area (Å²) in [5.41, 5.74) is -0.119. The molecule has 0 radical (unpaired) electrons. The minimum atomic E-state index is -0.324. The number of thiophene rings is 1. The minimum absolute atomic E-state index is 0.205. The van der Waals surface area contributed by atoms with E-state index in [9.17, 15) is 9.59 Å². The number of carbonyl (C=O) groups excluding carboxylic acids is 1. The van der Waals surface area contributed by atoms with Crippen molar-refractivity contribution < 1.29 is 4.79 Å². The summed E-state index contributed by atoms with van der Waals surface area (Å²) < 4.78 is 0. The maximum absolute atomic E-state index is 11.6. The largest absolute Gasteiger partial charge is 0.346 e. The van der Waals surface area contributed by atoms with Crippen molar-refractivity contribution in [2.75, 3.05) is 0 Å². The van der Waals surface area contributed by atoms with Gasteiger partial charge in [-0.25, -0.2) is 4.98 Å². The molecule has 2 rings (SSSR count). The number of rotatable bonds is 3. The first-order chi connectivity index (χ1) is 7.75. The van der Waals surface area contributed by atoms with Crippen LogP contribution in [-0.2, 0) is 6.54 Å². The van der Waals surface area contributed by atoms with Gasteiger partial charge in [-0.2, -0.15) is 0 Å². The van der Waals surface area contributed by atoms with Crippen LogP contribution in [0.25, 0.3) is 0 Å². The predicted molar refractivity (Wildman–Crippen MR) is 60.3 cm³/mol. The normalized spacial score (nSPS) is 10.0. The van der Waals surface area contributed by atoms with Crippen LogP contribution in [0.15, 0.2) is 34.7 Å².